The van der Waals surface area contributed by atoms with E-state index >= 15 is 0 Å². The van der Waals surface area contributed by atoms with Gasteiger partial charge in [0.2, 0.25) is 11.8 Å². The molecule has 2 amide bonds. The highest BCUT2D eigenvalue weighted by atomic mass is 35.5. The van der Waals surface area contributed by atoms with E-state index in [0.717, 1.165) is 16.3 Å². The van der Waals surface area contributed by atoms with Gasteiger partial charge in [-0.05, 0) is 68.3 Å². The van der Waals surface area contributed by atoms with Crippen LogP contribution in [0.5, 0.6) is 5.75 Å². The number of sulfonamides is 1. The number of benzene rings is 3. The van der Waals surface area contributed by atoms with Gasteiger partial charge in [-0.2, -0.15) is 0 Å². The Bertz CT molecular complexity index is 1450. The Labute approximate surface area is 245 Å². The Hall–Kier alpha value is -3.27. The minimum Gasteiger partial charge on any atom is -0.497 e. The number of methoxy groups -OCH3 is 1. The number of rotatable bonds is 12. The number of aryl methyl sites for hydroxylation is 1. The predicted molar refractivity (Wildman–Crippen MR) is 158 cm³/mol. The van der Waals surface area contributed by atoms with Crippen molar-refractivity contribution in [2.75, 3.05) is 24.5 Å². The van der Waals surface area contributed by atoms with Crippen molar-refractivity contribution in [1.82, 2.24) is 10.2 Å². The second-order valence-corrected chi connectivity index (χ2v) is 12.0. The Morgan fingerprint density at radius 3 is 2.38 bits per heavy atom. The average Bonchev–Trinajstić information content (AvgIpc) is 2.94. The molecule has 0 aromatic heterocycles. The normalized spacial score (nSPS) is 11.9. The van der Waals surface area contributed by atoms with Crippen molar-refractivity contribution in [1.29, 1.82) is 0 Å². The van der Waals surface area contributed by atoms with Crippen LogP contribution in [0.15, 0.2) is 71.6 Å². The van der Waals surface area contributed by atoms with Crippen LogP contribution in [0.1, 0.15) is 31.4 Å². The number of carbonyl (C=O) groups is 2. The number of amides is 2. The van der Waals surface area contributed by atoms with E-state index in [1.54, 1.807) is 43.3 Å². The third-order valence-electron chi connectivity index (χ3n) is 6.27. The van der Waals surface area contributed by atoms with E-state index in [2.05, 4.69) is 5.32 Å². The topological polar surface area (TPSA) is 96.0 Å². The smallest absolute Gasteiger partial charge is 0.264 e. The molecule has 1 N–H and O–H groups in total. The molecule has 3 rings (SSSR count). The van der Waals surface area contributed by atoms with E-state index < -0.39 is 28.5 Å². The van der Waals surface area contributed by atoms with Gasteiger partial charge in [0.05, 0.1) is 22.7 Å². The molecule has 0 saturated carbocycles. The van der Waals surface area contributed by atoms with Crippen LogP contribution < -0.4 is 14.4 Å². The molecule has 11 heteroatoms. The number of carbonyl (C=O) groups excluding carboxylic acids is 2. The third kappa shape index (κ3) is 7.68. The molecule has 0 aliphatic heterocycles. The second kappa shape index (κ2) is 13.9. The fraction of sp³-hybridized carbons (Fsp3) is 0.310. The number of halogens is 2. The first-order valence-corrected chi connectivity index (χ1v) is 14.9. The van der Waals surface area contributed by atoms with Gasteiger partial charge < -0.3 is 15.0 Å². The van der Waals surface area contributed by atoms with Crippen LogP contribution in [0, 0.1) is 6.92 Å². The number of ether oxygens (including phenoxy) is 1. The summed E-state index contributed by atoms with van der Waals surface area (Å²) in [4.78, 5) is 28.3. The van der Waals surface area contributed by atoms with E-state index in [1.165, 1.54) is 42.3 Å². The first-order valence-electron chi connectivity index (χ1n) is 12.7. The van der Waals surface area contributed by atoms with Crippen LogP contribution in [0.25, 0.3) is 0 Å². The van der Waals surface area contributed by atoms with Crippen molar-refractivity contribution >= 4 is 50.7 Å². The Kier molecular flexibility index (Phi) is 10.8. The molecular formula is C29H33Cl2N3O5S. The summed E-state index contributed by atoms with van der Waals surface area (Å²) in [5.41, 5.74) is 1.63. The van der Waals surface area contributed by atoms with Crippen molar-refractivity contribution < 1.29 is 22.7 Å². The molecule has 0 aliphatic carbocycles. The molecule has 0 bridgehead atoms. The summed E-state index contributed by atoms with van der Waals surface area (Å²) in [6, 6.07) is 16.9. The molecular weight excluding hydrogens is 573 g/mol. The molecule has 0 spiro atoms. The third-order valence-corrected chi connectivity index (χ3v) is 8.60. The highest BCUT2D eigenvalue weighted by molar-refractivity contribution is 7.92. The largest absolute Gasteiger partial charge is 0.497 e. The standard InChI is InChI=1S/C29H33Cl2N3O5S/c1-5-15-32-29(36)21(3)33(18-22-7-6-8-24(16-22)39-4)28(35)19-34(27-17-23(30)11-14-26(27)31)40(37,38)25-12-9-20(2)10-13-25/h6-14,16-17,21H,5,15,18-19H2,1-4H3,(H,32,36)/t21-/m1/s1. The molecule has 0 aliphatic rings. The van der Waals surface area contributed by atoms with Gasteiger partial charge >= 0.3 is 0 Å². The zero-order valence-electron chi connectivity index (χ0n) is 22.9. The van der Waals surface area contributed by atoms with E-state index in [0.29, 0.717) is 17.9 Å². The predicted octanol–water partition coefficient (Wildman–Crippen LogP) is 5.45. The molecule has 0 fully saturated rings. The number of hydrogen-bond donors (Lipinski definition) is 1. The molecule has 214 valence electrons. The van der Waals surface area contributed by atoms with Gasteiger partial charge in [-0.3, -0.25) is 13.9 Å². The molecule has 1 atom stereocenters. The molecule has 0 saturated heterocycles. The number of anilines is 1. The minimum atomic E-state index is -4.26. The zero-order valence-corrected chi connectivity index (χ0v) is 25.2. The Balaban J connectivity index is 2.07. The maximum Gasteiger partial charge on any atom is 0.264 e. The van der Waals surface area contributed by atoms with Crippen molar-refractivity contribution in [3.8, 4) is 5.75 Å². The lowest BCUT2D eigenvalue weighted by Gasteiger charge is -2.32. The highest BCUT2D eigenvalue weighted by Crippen LogP contribution is 2.33. The SMILES string of the molecule is CCCNC(=O)[C@@H](C)N(Cc1cccc(OC)c1)C(=O)CN(c1cc(Cl)ccc1Cl)S(=O)(=O)c1ccc(C)cc1. The number of nitrogens with one attached hydrogen (secondary N) is 1. The van der Waals surface area contributed by atoms with Crippen molar-refractivity contribution in [3.05, 3.63) is 87.9 Å². The molecule has 8 nitrogen and oxygen atoms in total. The van der Waals surface area contributed by atoms with Gasteiger partial charge in [-0.15, -0.1) is 0 Å². The second-order valence-electron chi connectivity index (χ2n) is 9.26. The first-order chi connectivity index (χ1) is 19.0. The van der Waals surface area contributed by atoms with E-state index in [9.17, 15) is 18.0 Å². The highest BCUT2D eigenvalue weighted by Gasteiger charge is 2.33. The van der Waals surface area contributed by atoms with Crippen LogP contribution in [-0.2, 0) is 26.2 Å². The first kappa shape index (κ1) is 31.3. The summed E-state index contributed by atoms with van der Waals surface area (Å²) in [5.74, 6) is -0.372. The van der Waals surface area contributed by atoms with Crippen LogP contribution >= 0.6 is 23.2 Å². The lowest BCUT2D eigenvalue weighted by atomic mass is 10.1. The molecule has 40 heavy (non-hydrogen) atoms. The van der Waals surface area contributed by atoms with Gasteiger partial charge in [0, 0.05) is 18.1 Å². The summed E-state index contributed by atoms with van der Waals surface area (Å²) < 4.78 is 34.1. The molecule has 0 radical (unpaired) electrons. The Morgan fingerprint density at radius 1 is 1.02 bits per heavy atom. The lowest BCUT2D eigenvalue weighted by molar-refractivity contribution is -0.139. The molecule has 3 aromatic rings. The zero-order chi connectivity index (χ0) is 29.4. The fourth-order valence-electron chi connectivity index (χ4n) is 3.97. The van der Waals surface area contributed by atoms with Crippen molar-refractivity contribution in [2.45, 2.75) is 44.7 Å². The summed E-state index contributed by atoms with van der Waals surface area (Å²) in [6.07, 6.45) is 0.720. The molecule has 0 unspecified atom stereocenters. The monoisotopic (exact) mass is 605 g/mol. The van der Waals surface area contributed by atoms with Crippen LogP contribution in [0.4, 0.5) is 5.69 Å². The van der Waals surface area contributed by atoms with Gasteiger partial charge in [0.25, 0.3) is 10.0 Å². The minimum absolute atomic E-state index is 0.0185. The van der Waals surface area contributed by atoms with E-state index in [4.69, 9.17) is 27.9 Å². The number of nitrogens with zero attached hydrogens (tertiary/aromatic N) is 2. The van der Waals surface area contributed by atoms with Crippen LogP contribution in [-0.4, -0.2) is 51.4 Å². The summed E-state index contributed by atoms with van der Waals surface area (Å²) in [6.45, 7) is 5.23. The van der Waals surface area contributed by atoms with Crippen molar-refractivity contribution in [2.24, 2.45) is 0 Å². The van der Waals surface area contributed by atoms with E-state index in [-0.39, 0.29) is 33.1 Å². The van der Waals surface area contributed by atoms with Gasteiger partial charge in [0.1, 0.15) is 18.3 Å². The Morgan fingerprint density at radius 2 is 1.73 bits per heavy atom. The van der Waals surface area contributed by atoms with Crippen molar-refractivity contribution in [3.63, 3.8) is 0 Å². The average molecular weight is 607 g/mol. The van der Waals surface area contributed by atoms with Gasteiger partial charge in [0.15, 0.2) is 0 Å². The van der Waals surface area contributed by atoms with Gasteiger partial charge in [-0.25, -0.2) is 8.42 Å². The maximum atomic E-state index is 14.0. The van der Waals surface area contributed by atoms with E-state index in [1.807, 2.05) is 13.8 Å². The summed E-state index contributed by atoms with van der Waals surface area (Å²) in [7, 11) is -2.73. The maximum absolute atomic E-state index is 14.0. The summed E-state index contributed by atoms with van der Waals surface area (Å²) >= 11 is 12.7. The van der Waals surface area contributed by atoms with Crippen LogP contribution in [0.3, 0.4) is 0 Å². The van der Waals surface area contributed by atoms with Crippen LogP contribution in [0.2, 0.25) is 10.0 Å². The lowest BCUT2D eigenvalue weighted by Crippen LogP contribution is -2.51. The molecule has 0 heterocycles. The summed E-state index contributed by atoms with van der Waals surface area (Å²) in [5, 5.41) is 3.16. The van der Waals surface area contributed by atoms with Gasteiger partial charge in [-0.1, -0.05) is 60.0 Å². The fourth-order valence-corrected chi connectivity index (χ4v) is 5.83. The number of hydrogen-bond acceptors (Lipinski definition) is 5. The quantitative estimate of drug-likeness (QED) is 0.296. The molecule has 3 aromatic carbocycles.